The lowest BCUT2D eigenvalue weighted by Crippen LogP contribution is -2.29. The van der Waals surface area contributed by atoms with Gasteiger partial charge in [-0.1, -0.05) is 37.6 Å². The van der Waals surface area contributed by atoms with Crippen molar-refractivity contribution >= 4 is 28.6 Å². The molecule has 0 unspecified atom stereocenters. The number of benzene rings is 2. The topological polar surface area (TPSA) is 68.0 Å². The predicted molar refractivity (Wildman–Crippen MR) is 113 cm³/mol. The third-order valence-electron chi connectivity index (χ3n) is 4.68. The van der Waals surface area contributed by atoms with Crippen molar-refractivity contribution in [1.82, 2.24) is 15.3 Å². The van der Waals surface area contributed by atoms with Crippen LogP contribution in [0.25, 0.3) is 11.1 Å². The molecule has 0 saturated heterocycles. The zero-order valence-corrected chi connectivity index (χ0v) is 16.9. The molecule has 1 amide bonds. The Balaban J connectivity index is 1.65. The first-order chi connectivity index (χ1) is 14.0. The van der Waals surface area contributed by atoms with E-state index in [4.69, 9.17) is 16.0 Å². The molecule has 0 aliphatic heterocycles. The molecule has 29 heavy (non-hydrogen) atoms. The van der Waals surface area contributed by atoms with Crippen molar-refractivity contribution in [3.63, 3.8) is 0 Å². The van der Waals surface area contributed by atoms with Crippen LogP contribution in [0.3, 0.4) is 0 Å². The number of aromatic nitrogens is 2. The van der Waals surface area contributed by atoms with Crippen molar-refractivity contribution in [2.24, 2.45) is 0 Å². The minimum atomic E-state index is -0.331. The molecule has 1 atom stereocenters. The lowest BCUT2D eigenvalue weighted by atomic mass is 9.99. The van der Waals surface area contributed by atoms with E-state index in [0.717, 1.165) is 11.1 Å². The van der Waals surface area contributed by atoms with E-state index in [-0.39, 0.29) is 17.9 Å². The molecule has 0 radical (unpaired) electrons. The molecular weight excluding hydrogens is 386 g/mol. The number of fused-ring (bicyclic) bond motifs is 1. The minimum absolute atomic E-state index is 0.181. The van der Waals surface area contributed by atoms with E-state index in [1.54, 1.807) is 30.6 Å². The molecular formula is C23H20ClN3O2. The highest BCUT2D eigenvalue weighted by Gasteiger charge is 2.19. The highest BCUT2D eigenvalue weighted by Crippen LogP contribution is 2.25. The van der Waals surface area contributed by atoms with Gasteiger partial charge < -0.3 is 9.73 Å². The number of oxazole rings is 1. The van der Waals surface area contributed by atoms with Crippen LogP contribution >= 0.6 is 11.6 Å². The molecule has 2 aromatic heterocycles. The third kappa shape index (κ3) is 4.15. The summed E-state index contributed by atoms with van der Waals surface area (Å²) in [4.78, 5) is 21.6. The first-order valence-corrected chi connectivity index (χ1v) is 9.76. The van der Waals surface area contributed by atoms with Crippen molar-refractivity contribution in [2.75, 3.05) is 0 Å². The quantitative estimate of drug-likeness (QED) is 0.474. The van der Waals surface area contributed by atoms with E-state index in [2.05, 4.69) is 15.3 Å². The van der Waals surface area contributed by atoms with Gasteiger partial charge in [-0.3, -0.25) is 9.78 Å². The number of nitrogens with one attached hydrogen (secondary N) is 1. The zero-order valence-electron chi connectivity index (χ0n) is 16.1. The largest absolute Gasteiger partial charge is 0.440 e. The minimum Gasteiger partial charge on any atom is -0.440 e. The van der Waals surface area contributed by atoms with Gasteiger partial charge in [-0.15, -0.1) is 0 Å². The molecule has 0 spiro atoms. The normalized spacial score (nSPS) is 12.3. The summed E-state index contributed by atoms with van der Waals surface area (Å²) in [5, 5.41) is 3.76. The molecule has 2 aromatic carbocycles. The van der Waals surface area contributed by atoms with Crippen LogP contribution in [0.5, 0.6) is 0 Å². The lowest BCUT2D eigenvalue weighted by Gasteiger charge is -2.20. The van der Waals surface area contributed by atoms with Crippen molar-refractivity contribution in [2.45, 2.75) is 25.8 Å². The molecule has 5 nitrogen and oxygen atoms in total. The van der Waals surface area contributed by atoms with E-state index in [0.29, 0.717) is 27.6 Å². The zero-order chi connectivity index (χ0) is 20.4. The van der Waals surface area contributed by atoms with Gasteiger partial charge in [0, 0.05) is 28.9 Å². The monoisotopic (exact) mass is 405 g/mol. The van der Waals surface area contributed by atoms with Crippen molar-refractivity contribution in [3.8, 4) is 0 Å². The summed E-state index contributed by atoms with van der Waals surface area (Å²) >= 11 is 6.03. The predicted octanol–water partition coefficient (Wildman–Crippen LogP) is 5.52. The van der Waals surface area contributed by atoms with Gasteiger partial charge in [-0.25, -0.2) is 4.98 Å². The lowest BCUT2D eigenvalue weighted by molar-refractivity contribution is 0.0943. The number of hydrogen-bond donors (Lipinski definition) is 1. The summed E-state index contributed by atoms with van der Waals surface area (Å²) in [6.07, 6.45) is 3.42. The Bertz CT molecular complexity index is 1140. The van der Waals surface area contributed by atoms with Gasteiger partial charge in [0.1, 0.15) is 5.52 Å². The fourth-order valence-corrected chi connectivity index (χ4v) is 3.24. The number of hydrogen-bond acceptors (Lipinski definition) is 4. The number of rotatable bonds is 5. The van der Waals surface area contributed by atoms with Crippen molar-refractivity contribution < 1.29 is 9.21 Å². The van der Waals surface area contributed by atoms with Crippen LogP contribution in [-0.4, -0.2) is 15.9 Å². The highest BCUT2D eigenvalue weighted by atomic mass is 35.5. The summed E-state index contributed by atoms with van der Waals surface area (Å²) < 4.78 is 5.73. The van der Waals surface area contributed by atoms with Crippen LogP contribution in [0.2, 0.25) is 5.02 Å². The van der Waals surface area contributed by atoms with E-state index < -0.39 is 0 Å². The molecule has 146 valence electrons. The Hall–Kier alpha value is -3.18. The Morgan fingerprint density at radius 2 is 1.69 bits per heavy atom. The molecule has 0 fully saturated rings. The van der Waals surface area contributed by atoms with Crippen LogP contribution in [0, 0.1) is 0 Å². The maximum Gasteiger partial charge on any atom is 0.252 e. The average Bonchev–Trinajstić information content (AvgIpc) is 3.17. The first-order valence-electron chi connectivity index (χ1n) is 9.38. The van der Waals surface area contributed by atoms with Gasteiger partial charge in [0.05, 0.1) is 6.04 Å². The number of halogens is 1. The fraction of sp³-hybridized carbons (Fsp3) is 0.174. The van der Waals surface area contributed by atoms with Crippen LogP contribution in [-0.2, 0) is 0 Å². The maximum atomic E-state index is 13.0. The average molecular weight is 406 g/mol. The molecule has 4 rings (SSSR count). The number of amides is 1. The second-order valence-corrected chi connectivity index (χ2v) is 7.56. The Kier molecular flexibility index (Phi) is 5.32. The number of nitrogens with zero attached hydrogens (tertiary/aromatic N) is 2. The van der Waals surface area contributed by atoms with E-state index >= 15 is 0 Å². The highest BCUT2D eigenvalue weighted by molar-refractivity contribution is 6.30. The summed E-state index contributed by atoms with van der Waals surface area (Å²) in [6, 6.07) is 16.2. The Morgan fingerprint density at radius 1 is 1.00 bits per heavy atom. The van der Waals surface area contributed by atoms with Gasteiger partial charge >= 0.3 is 0 Å². The van der Waals surface area contributed by atoms with Crippen LogP contribution < -0.4 is 5.32 Å². The molecule has 4 aromatic rings. The smallest absolute Gasteiger partial charge is 0.252 e. The number of pyridine rings is 1. The second kappa shape index (κ2) is 8.05. The fourth-order valence-electron chi connectivity index (χ4n) is 3.12. The molecule has 0 aliphatic carbocycles. The summed E-state index contributed by atoms with van der Waals surface area (Å²) in [7, 11) is 0. The van der Waals surface area contributed by atoms with Crippen molar-refractivity contribution in [3.05, 3.63) is 94.6 Å². The Labute approximate surface area is 173 Å². The van der Waals surface area contributed by atoms with Crippen LogP contribution in [0.1, 0.15) is 53.2 Å². The molecule has 2 heterocycles. The number of carbonyl (C=O) groups is 1. The molecule has 1 N–H and O–H groups in total. The van der Waals surface area contributed by atoms with Gasteiger partial charge in [-0.2, -0.15) is 0 Å². The van der Waals surface area contributed by atoms with E-state index in [1.807, 2.05) is 50.2 Å². The molecule has 6 heteroatoms. The standard InChI is InChI=1S/C23H20ClN3O2/c1-14(2)23-26-19-13-17(5-8-20(19)29-23)22(28)27-21(16-9-11-25-12-10-16)15-3-6-18(24)7-4-15/h3-14,21H,1-2H3,(H,27,28)/t21-/m1/s1. The third-order valence-corrected chi connectivity index (χ3v) is 4.93. The summed E-state index contributed by atoms with van der Waals surface area (Å²) in [5.74, 6) is 0.645. The first kappa shape index (κ1) is 19.2. The SMILES string of the molecule is CC(C)c1nc2cc(C(=O)N[C@@H](c3ccncc3)c3ccc(Cl)cc3)ccc2o1. The Morgan fingerprint density at radius 3 is 2.38 bits per heavy atom. The summed E-state index contributed by atoms with van der Waals surface area (Å²) in [6.45, 7) is 4.04. The van der Waals surface area contributed by atoms with E-state index in [9.17, 15) is 4.79 Å². The van der Waals surface area contributed by atoms with Gasteiger partial charge in [-0.05, 0) is 53.6 Å². The van der Waals surface area contributed by atoms with Crippen LogP contribution in [0.4, 0.5) is 0 Å². The van der Waals surface area contributed by atoms with E-state index in [1.165, 1.54) is 0 Å². The maximum absolute atomic E-state index is 13.0. The molecule has 0 aliphatic rings. The molecule has 0 bridgehead atoms. The van der Waals surface area contributed by atoms with Crippen LogP contribution in [0.15, 0.2) is 71.4 Å². The number of carbonyl (C=O) groups excluding carboxylic acids is 1. The second-order valence-electron chi connectivity index (χ2n) is 7.13. The van der Waals surface area contributed by atoms with Gasteiger partial charge in [0.15, 0.2) is 11.5 Å². The summed E-state index contributed by atoms with van der Waals surface area (Å²) in [5.41, 5.74) is 3.73. The van der Waals surface area contributed by atoms with Gasteiger partial charge in [0.2, 0.25) is 0 Å². The van der Waals surface area contributed by atoms with Gasteiger partial charge in [0.25, 0.3) is 5.91 Å². The van der Waals surface area contributed by atoms with Crippen molar-refractivity contribution in [1.29, 1.82) is 0 Å². The molecule has 0 saturated carbocycles.